The van der Waals surface area contributed by atoms with Gasteiger partial charge in [-0.15, -0.1) is 16.8 Å². The zero-order valence-electron chi connectivity index (χ0n) is 19.3. The summed E-state index contributed by atoms with van der Waals surface area (Å²) in [5, 5.41) is 23.6. The second kappa shape index (κ2) is 11.3. The Hall–Kier alpha value is -4.17. The number of rotatable bonds is 9. The average molecular weight is 484 g/mol. The number of phenols is 1. The van der Waals surface area contributed by atoms with E-state index in [-0.39, 0.29) is 17.4 Å². The molecule has 0 bridgehead atoms. The van der Waals surface area contributed by atoms with Crippen molar-refractivity contribution in [2.75, 3.05) is 5.75 Å². The fourth-order valence-corrected chi connectivity index (χ4v) is 4.18. The molecule has 4 rings (SSSR count). The highest BCUT2D eigenvalue weighted by Gasteiger charge is 2.17. The third-order valence-electron chi connectivity index (χ3n) is 5.20. The van der Waals surface area contributed by atoms with Gasteiger partial charge in [0, 0.05) is 16.8 Å². The number of hydrogen-bond acceptors (Lipinski definition) is 6. The Kier molecular flexibility index (Phi) is 7.74. The van der Waals surface area contributed by atoms with Crippen LogP contribution in [-0.2, 0) is 11.2 Å². The van der Waals surface area contributed by atoms with E-state index in [0.29, 0.717) is 23.0 Å². The average Bonchev–Trinajstić information content (AvgIpc) is 3.30. The number of allylic oxidation sites excluding steroid dienone is 1. The maximum atomic E-state index is 12.4. The summed E-state index contributed by atoms with van der Waals surface area (Å²) in [5.74, 6) is 0.623. The minimum absolute atomic E-state index is 0.0959. The smallest absolute Gasteiger partial charge is 0.250 e. The minimum atomic E-state index is -0.299. The summed E-state index contributed by atoms with van der Waals surface area (Å²) in [4.78, 5) is 12.4. The monoisotopic (exact) mass is 483 g/mol. The molecule has 0 fully saturated rings. The number of aryl methyl sites for hydroxylation is 1. The van der Waals surface area contributed by atoms with E-state index in [9.17, 15) is 9.90 Å². The van der Waals surface area contributed by atoms with E-state index in [1.165, 1.54) is 18.0 Å². The lowest BCUT2D eigenvalue weighted by Crippen LogP contribution is -2.20. The molecule has 8 heteroatoms. The van der Waals surface area contributed by atoms with E-state index >= 15 is 0 Å². The first-order valence-electron chi connectivity index (χ1n) is 11.0. The first-order valence-corrected chi connectivity index (χ1v) is 12.0. The standard InChI is InChI=1S/C27H25N5O2S/c1-3-8-20-9-7-10-22(25(20)34)17-28-29-24(33)18-35-27-31-30-26(21-15-13-19(2)14-16-21)32(27)23-11-5-4-6-12-23/h3-7,9-17,34H,1,8,18H2,2H3,(H,29,33). The van der Waals surface area contributed by atoms with Gasteiger partial charge >= 0.3 is 0 Å². The molecule has 0 atom stereocenters. The lowest BCUT2D eigenvalue weighted by molar-refractivity contribution is -0.118. The highest BCUT2D eigenvalue weighted by atomic mass is 32.2. The van der Waals surface area contributed by atoms with E-state index in [2.05, 4.69) is 27.3 Å². The molecule has 0 aliphatic carbocycles. The minimum Gasteiger partial charge on any atom is -0.507 e. The number of thioether (sulfide) groups is 1. The van der Waals surface area contributed by atoms with Gasteiger partial charge in [-0.2, -0.15) is 5.10 Å². The van der Waals surface area contributed by atoms with Crippen LogP contribution in [0.1, 0.15) is 16.7 Å². The van der Waals surface area contributed by atoms with Crippen LogP contribution in [0, 0.1) is 6.92 Å². The molecule has 1 aromatic heterocycles. The number of carbonyl (C=O) groups excluding carboxylic acids is 1. The predicted octanol–water partition coefficient (Wildman–Crippen LogP) is 4.92. The third-order valence-corrected chi connectivity index (χ3v) is 6.13. The Morgan fingerprint density at radius 1 is 1.09 bits per heavy atom. The van der Waals surface area contributed by atoms with Gasteiger partial charge in [-0.1, -0.05) is 78.0 Å². The molecule has 0 radical (unpaired) electrons. The highest BCUT2D eigenvalue weighted by molar-refractivity contribution is 7.99. The summed E-state index contributed by atoms with van der Waals surface area (Å²) < 4.78 is 1.94. The molecule has 0 saturated carbocycles. The van der Waals surface area contributed by atoms with Crippen molar-refractivity contribution in [1.29, 1.82) is 0 Å². The van der Waals surface area contributed by atoms with Gasteiger partial charge in [0.2, 0.25) is 0 Å². The van der Waals surface area contributed by atoms with Crippen LogP contribution < -0.4 is 5.43 Å². The maximum absolute atomic E-state index is 12.4. The van der Waals surface area contributed by atoms with Gasteiger partial charge in [-0.05, 0) is 37.1 Å². The molecule has 35 heavy (non-hydrogen) atoms. The summed E-state index contributed by atoms with van der Waals surface area (Å²) in [6.45, 7) is 5.72. The number of para-hydroxylation sites is 2. The van der Waals surface area contributed by atoms with Crippen molar-refractivity contribution in [3.05, 3.63) is 102 Å². The van der Waals surface area contributed by atoms with Gasteiger partial charge in [0.25, 0.3) is 5.91 Å². The number of carbonyl (C=O) groups is 1. The SMILES string of the molecule is C=CCc1cccc(C=NNC(=O)CSc2nnc(-c3ccc(C)cc3)n2-c2ccccc2)c1O. The zero-order chi connectivity index (χ0) is 24.6. The number of aromatic nitrogens is 3. The molecule has 0 spiro atoms. The number of phenolic OH excluding ortho intramolecular Hbond substituents is 1. The molecule has 0 aliphatic rings. The molecule has 2 N–H and O–H groups in total. The summed E-state index contributed by atoms with van der Waals surface area (Å²) >= 11 is 1.27. The van der Waals surface area contributed by atoms with Crippen molar-refractivity contribution in [1.82, 2.24) is 20.2 Å². The maximum Gasteiger partial charge on any atom is 0.250 e. The van der Waals surface area contributed by atoms with Crippen LogP contribution in [0.4, 0.5) is 0 Å². The second-order valence-electron chi connectivity index (χ2n) is 7.77. The zero-order valence-corrected chi connectivity index (χ0v) is 20.1. The van der Waals surface area contributed by atoms with Crippen molar-refractivity contribution in [2.45, 2.75) is 18.5 Å². The van der Waals surface area contributed by atoms with E-state index in [1.54, 1.807) is 12.1 Å². The van der Waals surface area contributed by atoms with Crippen LogP contribution in [0.2, 0.25) is 0 Å². The van der Waals surface area contributed by atoms with E-state index in [4.69, 9.17) is 0 Å². The predicted molar refractivity (Wildman–Crippen MR) is 140 cm³/mol. The molecule has 7 nitrogen and oxygen atoms in total. The quantitative estimate of drug-likeness (QED) is 0.153. The number of hydrogen-bond donors (Lipinski definition) is 2. The Morgan fingerprint density at radius 3 is 2.60 bits per heavy atom. The van der Waals surface area contributed by atoms with Crippen LogP contribution >= 0.6 is 11.8 Å². The van der Waals surface area contributed by atoms with Gasteiger partial charge in [-0.3, -0.25) is 9.36 Å². The molecule has 3 aromatic carbocycles. The van der Waals surface area contributed by atoms with Gasteiger partial charge < -0.3 is 5.11 Å². The summed E-state index contributed by atoms with van der Waals surface area (Å²) in [7, 11) is 0. The first-order chi connectivity index (χ1) is 17.1. The summed E-state index contributed by atoms with van der Waals surface area (Å²) in [5.41, 5.74) is 6.77. The molecule has 1 heterocycles. The third kappa shape index (κ3) is 5.85. The fraction of sp³-hybridized carbons (Fsp3) is 0.111. The normalized spacial score (nSPS) is 11.0. The first kappa shape index (κ1) is 24.0. The Morgan fingerprint density at radius 2 is 1.86 bits per heavy atom. The Labute approximate surface area is 208 Å². The van der Waals surface area contributed by atoms with Crippen LogP contribution in [0.15, 0.2) is 95.7 Å². The van der Waals surface area contributed by atoms with Crippen LogP contribution in [0.5, 0.6) is 5.75 Å². The topological polar surface area (TPSA) is 92.4 Å². The number of nitrogens with zero attached hydrogens (tertiary/aromatic N) is 4. The molecule has 0 saturated heterocycles. The molecule has 0 aliphatic heterocycles. The van der Waals surface area contributed by atoms with Crippen molar-refractivity contribution >= 4 is 23.9 Å². The van der Waals surface area contributed by atoms with E-state index < -0.39 is 0 Å². The van der Waals surface area contributed by atoms with Crippen LogP contribution in [-0.4, -0.2) is 37.7 Å². The summed E-state index contributed by atoms with van der Waals surface area (Å²) in [6, 6.07) is 23.2. The van der Waals surface area contributed by atoms with Crippen molar-refractivity contribution in [2.24, 2.45) is 5.10 Å². The number of nitrogens with one attached hydrogen (secondary N) is 1. The molecule has 1 amide bonds. The Balaban J connectivity index is 1.47. The molecule has 4 aromatic rings. The number of benzene rings is 3. The summed E-state index contributed by atoms with van der Waals surface area (Å²) in [6.07, 6.45) is 3.68. The van der Waals surface area contributed by atoms with Gasteiger partial charge in [0.15, 0.2) is 11.0 Å². The number of hydrazone groups is 1. The molecule has 176 valence electrons. The van der Waals surface area contributed by atoms with Gasteiger partial charge in [-0.25, -0.2) is 5.43 Å². The second-order valence-corrected chi connectivity index (χ2v) is 8.72. The number of aromatic hydroxyl groups is 1. The lowest BCUT2D eigenvalue weighted by Gasteiger charge is -2.10. The van der Waals surface area contributed by atoms with Gasteiger partial charge in [0.05, 0.1) is 12.0 Å². The Bertz CT molecular complexity index is 1350. The molecular formula is C27H25N5O2S. The lowest BCUT2D eigenvalue weighted by atomic mass is 10.1. The van der Waals surface area contributed by atoms with Crippen LogP contribution in [0.3, 0.4) is 0 Å². The van der Waals surface area contributed by atoms with Crippen molar-refractivity contribution in [3.63, 3.8) is 0 Å². The highest BCUT2D eigenvalue weighted by Crippen LogP contribution is 2.28. The van der Waals surface area contributed by atoms with E-state index in [0.717, 1.165) is 22.4 Å². The number of amides is 1. The van der Waals surface area contributed by atoms with Crippen molar-refractivity contribution in [3.8, 4) is 22.8 Å². The van der Waals surface area contributed by atoms with E-state index in [1.807, 2.05) is 78.2 Å². The van der Waals surface area contributed by atoms with Crippen molar-refractivity contribution < 1.29 is 9.90 Å². The molecular weight excluding hydrogens is 458 g/mol. The largest absolute Gasteiger partial charge is 0.507 e. The molecule has 0 unspecified atom stereocenters. The van der Waals surface area contributed by atoms with Gasteiger partial charge in [0.1, 0.15) is 5.75 Å². The van der Waals surface area contributed by atoms with Crippen LogP contribution in [0.25, 0.3) is 17.1 Å². The fourth-order valence-electron chi connectivity index (χ4n) is 3.43.